The monoisotopic (exact) mass is 554 g/mol. The first-order valence-corrected chi connectivity index (χ1v) is 12.5. The van der Waals surface area contributed by atoms with Crippen LogP contribution in [0.1, 0.15) is 24.2 Å². The molecule has 0 aliphatic heterocycles. The summed E-state index contributed by atoms with van der Waals surface area (Å²) in [5.41, 5.74) is 2.20. The van der Waals surface area contributed by atoms with Crippen LogP contribution in [0.25, 0.3) is 16.9 Å². The lowest BCUT2D eigenvalue weighted by atomic mass is 10.1. The quantitative estimate of drug-likeness (QED) is 0.270. The molecule has 3 aromatic carbocycles. The molecular weight excluding hydrogens is 530 g/mol. The van der Waals surface area contributed by atoms with Gasteiger partial charge in [0.2, 0.25) is 11.9 Å². The van der Waals surface area contributed by atoms with E-state index >= 15 is 0 Å². The van der Waals surface area contributed by atoms with Crippen molar-refractivity contribution in [2.75, 3.05) is 19.0 Å². The number of imidazole rings is 1. The highest BCUT2D eigenvalue weighted by Gasteiger charge is 2.23. The summed E-state index contributed by atoms with van der Waals surface area (Å²) in [4.78, 5) is 32.5. The number of nitrogens with zero attached hydrogens (tertiary/aromatic N) is 3. The van der Waals surface area contributed by atoms with Crippen LogP contribution in [0.4, 0.5) is 10.3 Å². The van der Waals surface area contributed by atoms with Crippen LogP contribution in [0.15, 0.2) is 72.9 Å². The van der Waals surface area contributed by atoms with Crippen LogP contribution < -0.4 is 10.1 Å². The third-order valence-electron chi connectivity index (χ3n) is 5.79. The van der Waals surface area contributed by atoms with E-state index in [4.69, 9.17) is 27.9 Å². The molecule has 0 atom stereocenters. The maximum atomic E-state index is 13.8. The summed E-state index contributed by atoms with van der Waals surface area (Å²) in [6.45, 7) is 3.43. The first-order valence-electron chi connectivity index (χ1n) is 11.7. The minimum Gasteiger partial charge on any atom is -0.497 e. The smallest absolute Gasteiger partial charge is 0.254 e. The topological polar surface area (TPSA) is 76.5 Å². The van der Waals surface area contributed by atoms with Gasteiger partial charge in [-0.3, -0.25) is 19.5 Å². The lowest BCUT2D eigenvalue weighted by Crippen LogP contribution is -2.42. The number of aromatic nitrogens is 2. The highest BCUT2D eigenvalue weighted by Crippen LogP contribution is 2.27. The Kier molecular flexibility index (Phi) is 8.34. The SMILES string of the molecule is COc1cccc(C(=O)N(CC(=O)Nc2nc(-c3ccc(Cl)cc3)cn2-c2ccc(F)c(Cl)c2)C(C)C)c1. The molecule has 4 rings (SSSR count). The Hall–Kier alpha value is -3.88. The average molecular weight is 555 g/mol. The molecule has 0 aliphatic carbocycles. The van der Waals surface area contributed by atoms with Gasteiger partial charge >= 0.3 is 0 Å². The maximum absolute atomic E-state index is 13.8. The Morgan fingerprint density at radius 2 is 1.82 bits per heavy atom. The number of benzene rings is 3. The van der Waals surface area contributed by atoms with Gasteiger partial charge in [0.05, 0.1) is 23.5 Å². The second-order valence-electron chi connectivity index (χ2n) is 8.73. The fourth-order valence-electron chi connectivity index (χ4n) is 3.79. The molecule has 0 bridgehead atoms. The number of carbonyl (C=O) groups is 2. The van der Waals surface area contributed by atoms with Crippen molar-refractivity contribution in [1.29, 1.82) is 0 Å². The zero-order chi connectivity index (χ0) is 27.4. The van der Waals surface area contributed by atoms with Crippen molar-refractivity contribution < 1.29 is 18.7 Å². The number of rotatable bonds is 8. The molecule has 0 aliphatic rings. The number of anilines is 1. The van der Waals surface area contributed by atoms with Crippen molar-refractivity contribution in [2.24, 2.45) is 0 Å². The maximum Gasteiger partial charge on any atom is 0.254 e. The highest BCUT2D eigenvalue weighted by molar-refractivity contribution is 6.31. The second-order valence-corrected chi connectivity index (χ2v) is 9.58. The Morgan fingerprint density at radius 3 is 2.47 bits per heavy atom. The fraction of sp³-hybridized carbons (Fsp3) is 0.179. The largest absolute Gasteiger partial charge is 0.497 e. The van der Waals surface area contributed by atoms with Gasteiger partial charge < -0.3 is 9.64 Å². The summed E-state index contributed by atoms with van der Waals surface area (Å²) in [5, 5.41) is 3.29. The molecule has 1 aromatic heterocycles. The Morgan fingerprint density at radius 1 is 1.08 bits per heavy atom. The van der Waals surface area contributed by atoms with E-state index in [2.05, 4.69) is 10.3 Å². The van der Waals surface area contributed by atoms with Gasteiger partial charge in [0.15, 0.2) is 0 Å². The molecule has 0 radical (unpaired) electrons. The van der Waals surface area contributed by atoms with Crippen molar-refractivity contribution in [3.8, 4) is 22.7 Å². The number of hydrogen-bond donors (Lipinski definition) is 1. The minimum atomic E-state index is -0.567. The van der Waals surface area contributed by atoms with Crippen molar-refractivity contribution in [1.82, 2.24) is 14.5 Å². The molecule has 2 amide bonds. The van der Waals surface area contributed by atoms with Crippen molar-refractivity contribution in [3.63, 3.8) is 0 Å². The number of nitrogens with one attached hydrogen (secondary N) is 1. The van der Waals surface area contributed by atoms with Gasteiger partial charge in [-0.25, -0.2) is 9.37 Å². The molecule has 7 nitrogen and oxygen atoms in total. The van der Waals surface area contributed by atoms with Crippen LogP contribution in [0, 0.1) is 5.82 Å². The molecule has 0 fully saturated rings. The van der Waals surface area contributed by atoms with Crippen LogP contribution in [0.5, 0.6) is 5.75 Å². The summed E-state index contributed by atoms with van der Waals surface area (Å²) in [5.74, 6) is -0.622. The van der Waals surface area contributed by atoms with Crippen LogP contribution in [-0.2, 0) is 4.79 Å². The third-order valence-corrected chi connectivity index (χ3v) is 6.33. The molecule has 1 N–H and O–H groups in total. The van der Waals surface area contributed by atoms with E-state index in [9.17, 15) is 14.0 Å². The highest BCUT2D eigenvalue weighted by atomic mass is 35.5. The molecule has 10 heteroatoms. The molecule has 4 aromatic rings. The predicted octanol–water partition coefficient (Wildman–Crippen LogP) is 6.48. The van der Waals surface area contributed by atoms with E-state index in [1.54, 1.807) is 59.3 Å². The molecule has 0 saturated heterocycles. The number of halogens is 3. The van der Waals surface area contributed by atoms with Crippen LogP contribution >= 0.6 is 23.2 Å². The molecule has 1 heterocycles. The minimum absolute atomic E-state index is 0.0728. The number of amides is 2. The Labute approximate surface area is 229 Å². The number of methoxy groups -OCH3 is 1. The summed E-state index contributed by atoms with van der Waals surface area (Å²) >= 11 is 12.0. The van der Waals surface area contributed by atoms with Gasteiger partial charge in [0, 0.05) is 28.4 Å². The summed E-state index contributed by atoms with van der Waals surface area (Å²) in [7, 11) is 1.52. The number of ether oxygens (including phenoxy) is 1. The first-order chi connectivity index (χ1) is 18.2. The molecular formula is C28H25Cl2FN4O3. The lowest BCUT2D eigenvalue weighted by molar-refractivity contribution is -0.117. The van der Waals surface area contributed by atoms with Crippen LogP contribution in [-0.4, -0.2) is 46.0 Å². The van der Waals surface area contributed by atoms with Gasteiger partial charge in [-0.05, 0) is 62.4 Å². The van der Waals surface area contributed by atoms with Crippen molar-refractivity contribution in [2.45, 2.75) is 19.9 Å². The average Bonchev–Trinajstić information content (AvgIpc) is 3.32. The molecule has 0 spiro atoms. The zero-order valence-corrected chi connectivity index (χ0v) is 22.4. The van der Waals surface area contributed by atoms with Gasteiger partial charge in [-0.1, -0.05) is 41.4 Å². The summed E-state index contributed by atoms with van der Waals surface area (Å²) < 4.78 is 20.6. The van der Waals surface area contributed by atoms with Gasteiger partial charge in [0.25, 0.3) is 5.91 Å². The molecule has 0 unspecified atom stereocenters. The van der Waals surface area contributed by atoms with Gasteiger partial charge in [-0.2, -0.15) is 0 Å². The zero-order valence-electron chi connectivity index (χ0n) is 20.9. The predicted molar refractivity (Wildman–Crippen MR) is 147 cm³/mol. The summed E-state index contributed by atoms with van der Waals surface area (Å²) in [6.07, 6.45) is 1.70. The van der Waals surface area contributed by atoms with Gasteiger partial charge in [-0.15, -0.1) is 0 Å². The first kappa shape index (κ1) is 27.2. The van der Waals surface area contributed by atoms with Gasteiger partial charge in [0.1, 0.15) is 18.1 Å². The van der Waals surface area contributed by atoms with Crippen molar-refractivity contribution >= 4 is 41.0 Å². The van der Waals surface area contributed by atoms with E-state index < -0.39 is 11.7 Å². The van der Waals surface area contributed by atoms with E-state index in [1.165, 1.54) is 30.2 Å². The molecule has 38 heavy (non-hydrogen) atoms. The Balaban J connectivity index is 1.64. The third kappa shape index (κ3) is 6.15. The molecule has 196 valence electrons. The van der Waals surface area contributed by atoms with E-state index in [0.29, 0.717) is 27.7 Å². The van der Waals surface area contributed by atoms with Crippen molar-refractivity contribution in [3.05, 3.63) is 94.4 Å². The fourth-order valence-corrected chi connectivity index (χ4v) is 4.09. The lowest BCUT2D eigenvalue weighted by Gasteiger charge is -2.26. The van der Waals surface area contributed by atoms with E-state index in [1.807, 2.05) is 13.8 Å². The van der Waals surface area contributed by atoms with E-state index in [0.717, 1.165) is 5.56 Å². The molecule has 0 saturated carbocycles. The van der Waals surface area contributed by atoms with E-state index in [-0.39, 0.29) is 29.5 Å². The van der Waals surface area contributed by atoms with Crippen LogP contribution in [0.2, 0.25) is 10.0 Å². The van der Waals surface area contributed by atoms with Crippen LogP contribution in [0.3, 0.4) is 0 Å². The standard InChI is InChI=1S/C28H25Cl2FN4O3/c1-17(2)34(27(37)19-5-4-6-22(13-19)38-3)16-26(36)33-28-32-25(18-7-9-20(29)10-8-18)15-35(28)21-11-12-24(31)23(30)14-21/h4-15,17H,16H2,1-3H3,(H,32,33,36). The Bertz CT molecular complexity index is 1470. The normalized spacial score (nSPS) is 10.9. The second kappa shape index (κ2) is 11.7. The number of hydrogen-bond acceptors (Lipinski definition) is 4. The number of carbonyl (C=O) groups excluding carboxylic acids is 2. The summed E-state index contributed by atoms with van der Waals surface area (Å²) in [6, 6.07) is 17.7.